The highest BCUT2D eigenvalue weighted by Gasteiger charge is 2.05. The number of nitrogens with one attached hydrogen (secondary N) is 2. The standard InChI is InChI=1S/C13H11Cl2N.C5H11N/c14-12-7-6-11(8-13(12)15)16-9-10-4-2-1-3-5-10;1-5-3-2-4-6-5/h1-8,16H,9H2;5-6H,2-4H2,1H3. The Morgan fingerprint density at radius 3 is 2.41 bits per heavy atom. The lowest BCUT2D eigenvalue weighted by atomic mass is 10.2. The van der Waals surface area contributed by atoms with Crippen LogP contribution < -0.4 is 10.6 Å². The van der Waals surface area contributed by atoms with Gasteiger partial charge in [0.05, 0.1) is 10.0 Å². The van der Waals surface area contributed by atoms with E-state index in [9.17, 15) is 0 Å². The normalized spacial score (nSPS) is 16.8. The van der Waals surface area contributed by atoms with Gasteiger partial charge in [0.25, 0.3) is 0 Å². The van der Waals surface area contributed by atoms with E-state index in [0.29, 0.717) is 10.0 Å². The highest BCUT2D eigenvalue weighted by atomic mass is 35.5. The van der Waals surface area contributed by atoms with Gasteiger partial charge < -0.3 is 10.6 Å². The molecule has 0 saturated carbocycles. The van der Waals surface area contributed by atoms with Crippen molar-refractivity contribution in [2.24, 2.45) is 0 Å². The SMILES string of the molecule is CC1CCCN1.Clc1ccc(NCc2ccccc2)cc1Cl. The van der Waals surface area contributed by atoms with Crippen molar-refractivity contribution in [2.75, 3.05) is 11.9 Å². The summed E-state index contributed by atoms with van der Waals surface area (Å²) in [6, 6.07) is 16.5. The maximum atomic E-state index is 5.92. The van der Waals surface area contributed by atoms with Gasteiger partial charge in [-0.05, 0) is 50.1 Å². The topological polar surface area (TPSA) is 24.1 Å². The van der Waals surface area contributed by atoms with E-state index in [-0.39, 0.29) is 0 Å². The molecule has 1 fully saturated rings. The monoisotopic (exact) mass is 336 g/mol. The minimum absolute atomic E-state index is 0.569. The molecule has 4 heteroatoms. The van der Waals surface area contributed by atoms with Gasteiger partial charge in [0.2, 0.25) is 0 Å². The molecule has 1 aliphatic rings. The molecule has 1 unspecified atom stereocenters. The van der Waals surface area contributed by atoms with Gasteiger partial charge in [0.15, 0.2) is 0 Å². The van der Waals surface area contributed by atoms with Crippen LogP contribution in [0.3, 0.4) is 0 Å². The minimum atomic E-state index is 0.569. The molecule has 22 heavy (non-hydrogen) atoms. The Morgan fingerprint density at radius 1 is 1.09 bits per heavy atom. The fourth-order valence-corrected chi connectivity index (χ4v) is 2.56. The highest BCUT2D eigenvalue weighted by Crippen LogP contribution is 2.25. The molecule has 2 aromatic rings. The lowest BCUT2D eigenvalue weighted by Crippen LogP contribution is -2.16. The zero-order chi connectivity index (χ0) is 15.8. The summed E-state index contributed by atoms with van der Waals surface area (Å²) in [6.45, 7) is 4.24. The van der Waals surface area contributed by atoms with Crippen LogP contribution in [-0.4, -0.2) is 12.6 Å². The van der Waals surface area contributed by atoms with Gasteiger partial charge in [-0.25, -0.2) is 0 Å². The summed E-state index contributed by atoms with van der Waals surface area (Å²) >= 11 is 11.8. The third-order valence-electron chi connectivity index (χ3n) is 3.57. The van der Waals surface area contributed by atoms with E-state index in [0.717, 1.165) is 18.3 Å². The molecular weight excluding hydrogens is 315 g/mol. The molecule has 118 valence electrons. The van der Waals surface area contributed by atoms with Gasteiger partial charge in [-0.2, -0.15) is 0 Å². The predicted octanol–water partition coefficient (Wildman–Crippen LogP) is 5.36. The molecule has 1 heterocycles. The van der Waals surface area contributed by atoms with Crippen molar-refractivity contribution in [1.82, 2.24) is 5.32 Å². The summed E-state index contributed by atoms with van der Waals surface area (Å²) in [5.74, 6) is 0. The van der Waals surface area contributed by atoms with E-state index in [1.807, 2.05) is 30.3 Å². The van der Waals surface area contributed by atoms with E-state index >= 15 is 0 Å². The van der Waals surface area contributed by atoms with Gasteiger partial charge >= 0.3 is 0 Å². The number of benzene rings is 2. The second kappa shape index (κ2) is 9.04. The fourth-order valence-electron chi connectivity index (χ4n) is 2.26. The minimum Gasteiger partial charge on any atom is -0.381 e. The summed E-state index contributed by atoms with van der Waals surface area (Å²) in [5, 5.41) is 7.75. The highest BCUT2D eigenvalue weighted by molar-refractivity contribution is 6.42. The van der Waals surface area contributed by atoms with Gasteiger partial charge in [-0.3, -0.25) is 0 Å². The van der Waals surface area contributed by atoms with Crippen molar-refractivity contribution in [3.05, 3.63) is 64.1 Å². The first-order valence-electron chi connectivity index (χ1n) is 7.61. The Bertz CT molecular complexity index is 567. The van der Waals surface area contributed by atoms with Crippen molar-refractivity contribution in [3.8, 4) is 0 Å². The Balaban J connectivity index is 0.000000246. The Labute approximate surface area is 142 Å². The molecule has 0 aliphatic carbocycles. The number of halogens is 2. The Morgan fingerprint density at radius 2 is 1.86 bits per heavy atom. The first kappa shape index (κ1) is 17.1. The maximum Gasteiger partial charge on any atom is 0.0612 e. The van der Waals surface area contributed by atoms with Gasteiger partial charge in [-0.15, -0.1) is 0 Å². The first-order chi connectivity index (χ1) is 10.6. The van der Waals surface area contributed by atoms with E-state index in [4.69, 9.17) is 23.2 Å². The molecule has 0 amide bonds. The lowest BCUT2D eigenvalue weighted by molar-refractivity contribution is 0.664. The summed E-state index contributed by atoms with van der Waals surface area (Å²) in [6.07, 6.45) is 2.75. The molecule has 3 rings (SSSR count). The van der Waals surface area contributed by atoms with Crippen LogP contribution in [0, 0.1) is 0 Å². The largest absolute Gasteiger partial charge is 0.381 e. The average Bonchev–Trinajstić information content (AvgIpc) is 3.01. The third-order valence-corrected chi connectivity index (χ3v) is 4.30. The molecule has 2 N–H and O–H groups in total. The van der Waals surface area contributed by atoms with Crippen LogP contribution in [0.1, 0.15) is 25.3 Å². The molecule has 1 saturated heterocycles. The van der Waals surface area contributed by atoms with Crippen molar-refractivity contribution in [3.63, 3.8) is 0 Å². The maximum absolute atomic E-state index is 5.92. The smallest absolute Gasteiger partial charge is 0.0612 e. The molecule has 0 bridgehead atoms. The zero-order valence-corrected chi connectivity index (χ0v) is 14.3. The van der Waals surface area contributed by atoms with Crippen LogP contribution in [0.25, 0.3) is 0 Å². The van der Waals surface area contributed by atoms with Crippen LogP contribution >= 0.6 is 23.2 Å². The van der Waals surface area contributed by atoms with Crippen molar-refractivity contribution < 1.29 is 0 Å². The summed E-state index contributed by atoms with van der Waals surface area (Å²) in [5.41, 5.74) is 2.20. The molecule has 0 aromatic heterocycles. The quantitative estimate of drug-likeness (QED) is 0.787. The number of rotatable bonds is 3. The molecule has 2 aromatic carbocycles. The molecule has 0 radical (unpaired) electrons. The third kappa shape index (κ3) is 5.88. The van der Waals surface area contributed by atoms with E-state index in [1.165, 1.54) is 24.9 Å². The van der Waals surface area contributed by atoms with Crippen LogP contribution in [-0.2, 0) is 6.54 Å². The molecule has 0 spiro atoms. The van der Waals surface area contributed by atoms with Crippen molar-refractivity contribution >= 4 is 28.9 Å². The lowest BCUT2D eigenvalue weighted by Gasteiger charge is -2.07. The van der Waals surface area contributed by atoms with Crippen molar-refractivity contribution in [2.45, 2.75) is 32.4 Å². The van der Waals surface area contributed by atoms with Crippen LogP contribution in [0.5, 0.6) is 0 Å². The molecular formula is C18H22Cl2N2. The van der Waals surface area contributed by atoms with Crippen LogP contribution in [0.2, 0.25) is 10.0 Å². The fraction of sp³-hybridized carbons (Fsp3) is 0.333. The molecule has 2 nitrogen and oxygen atoms in total. The van der Waals surface area contributed by atoms with Crippen LogP contribution in [0.4, 0.5) is 5.69 Å². The second-order valence-corrected chi connectivity index (χ2v) is 6.28. The molecule has 1 aliphatic heterocycles. The zero-order valence-electron chi connectivity index (χ0n) is 12.8. The summed E-state index contributed by atoms with van der Waals surface area (Å²) < 4.78 is 0. The van der Waals surface area contributed by atoms with Crippen molar-refractivity contribution in [1.29, 1.82) is 0 Å². The van der Waals surface area contributed by atoms with Gasteiger partial charge in [-0.1, -0.05) is 53.5 Å². The van der Waals surface area contributed by atoms with Crippen LogP contribution in [0.15, 0.2) is 48.5 Å². The van der Waals surface area contributed by atoms with Gasteiger partial charge in [0, 0.05) is 18.3 Å². The van der Waals surface area contributed by atoms with E-state index < -0.39 is 0 Å². The number of hydrogen-bond acceptors (Lipinski definition) is 2. The average molecular weight is 337 g/mol. The number of anilines is 1. The second-order valence-electron chi connectivity index (χ2n) is 5.47. The van der Waals surface area contributed by atoms with E-state index in [2.05, 4.69) is 29.7 Å². The predicted molar refractivity (Wildman–Crippen MR) is 96.9 cm³/mol. The van der Waals surface area contributed by atoms with Gasteiger partial charge in [0.1, 0.15) is 0 Å². The first-order valence-corrected chi connectivity index (χ1v) is 8.37. The van der Waals surface area contributed by atoms with E-state index in [1.54, 1.807) is 6.07 Å². The summed E-state index contributed by atoms with van der Waals surface area (Å²) in [4.78, 5) is 0. The Hall–Kier alpha value is -1.22. The summed E-state index contributed by atoms with van der Waals surface area (Å²) in [7, 11) is 0. The molecule has 1 atom stereocenters. The Kier molecular flexibility index (Phi) is 7.04. The number of hydrogen-bond donors (Lipinski definition) is 2.